The number of hydrogen-bond donors (Lipinski definition) is 2. The number of unbranched alkanes of at least 4 members (excludes halogenated alkanes) is 3. The fraction of sp³-hybridized carbons (Fsp3) is 0.611. The van der Waals surface area contributed by atoms with Gasteiger partial charge in [-0.25, -0.2) is 0 Å². The number of benzene rings is 1. The third kappa shape index (κ3) is 9.42. The van der Waals surface area contributed by atoms with Crippen molar-refractivity contribution in [1.82, 2.24) is 4.90 Å². The smallest absolute Gasteiger partial charge is 0.224 e. The van der Waals surface area contributed by atoms with Gasteiger partial charge >= 0.3 is 0 Å². The number of amides is 1. The summed E-state index contributed by atoms with van der Waals surface area (Å²) >= 11 is 0. The van der Waals surface area contributed by atoms with E-state index in [-0.39, 0.29) is 30.7 Å². The number of rotatable bonds is 9. The number of nitrogens with one attached hydrogen (secondary N) is 1. The summed E-state index contributed by atoms with van der Waals surface area (Å²) in [7, 11) is 0. The zero-order valence-electron chi connectivity index (χ0n) is 14.7. The number of halogens is 2. The van der Waals surface area contributed by atoms with E-state index in [0.717, 1.165) is 70.8 Å². The summed E-state index contributed by atoms with van der Waals surface area (Å²) in [6.07, 6.45) is 4.73. The van der Waals surface area contributed by atoms with E-state index in [4.69, 9.17) is 10.5 Å². The molecule has 1 aliphatic rings. The number of anilines is 1. The van der Waals surface area contributed by atoms with Crippen molar-refractivity contribution in [2.45, 2.75) is 38.6 Å². The van der Waals surface area contributed by atoms with Gasteiger partial charge in [0.05, 0.1) is 13.2 Å². The van der Waals surface area contributed by atoms with Crippen LogP contribution in [0.25, 0.3) is 0 Å². The summed E-state index contributed by atoms with van der Waals surface area (Å²) in [5.41, 5.74) is 7.58. The Balaban J connectivity index is 0.00000288. The second kappa shape index (κ2) is 14.3. The molecule has 7 heteroatoms. The fourth-order valence-electron chi connectivity index (χ4n) is 2.78. The Morgan fingerprint density at radius 2 is 1.76 bits per heavy atom. The number of nitrogens with zero attached hydrogens (tertiary/aromatic N) is 1. The molecule has 25 heavy (non-hydrogen) atoms. The van der Waals surface area contributed by atoms with Gasteiger partial charge in [-0.1, -0.05) is 31.0 Å². The van der Waals surface area contributed by atoms with E-state index in [0.29, 0.717) is 6.42 Å². The molecule has 3 N–H and O–H groups in total. The summed E-state index contributed by atoms with van der Waals surface area (Å²) in [5.74, 6) is 0.104. The molecule has 1 saturated heterocycles. The fourth-order valence-corrected chi connectivity index (χ4v) is 2.78. The molecule has 0 atom stereocenters. The van der Waals surface area contributed by atoms with Gasteiger partial charge in [-0.2, -0.15) is 0 Å². The Morgan fingerprint density at radius 3 is 2.48 bits per heavy atom. The molecule has 1 aromatic rings. The topological polar surface area (TPSA) is 67.6 Å². The summed E-state index contributed by atoms with van der Waals surface area (Å²) in [6, 6.07) is 8.08. The van der Waals surface area contributed by atoms with Crippen molar-refractivity contribution >= 4 is 36.4 Å². The third-order valence-electron chi connectivity index (χ3n) is 4.15. The van der Waals surface area contributed by atoms with E-state index in [1.54, 1.807) is 0 Å². The van der Waals surface area contributed by atoms with E-state index in [1.807, 2.05) is 18.2 Å². The highest BCUT2D eigenvalue weighted by Gasteiger charge is 2.13. The van der Waals surface area contributed by atoms with Crippen molar-refractivity contribution in [2.75, 3.05) is 38.2 Å². The van der Waals surface area contributed by atoms with Gasteiger partial charge in [0.2, 0.25) is 5.91 Å². The van der Waals surface area contributed by atoms with Crippen molar-refractivity contribution < 1.29 is 9.53 Å². The van der Waals surface area contributed by atoms with Crippen LogP contribution in [-0.2, 0) is 16.1 Å². The van der Waals surface area contributed by atoms with Crippen molar-refractivity contribution in [3.63, 3.8) is 0 Å². The van der Waals surface area contributed by atoms with Gasteiger partial charge in [-0.3, -0.25) is 9.69 Å². The van der Waals surface area contributed by atoms with E-state index in [9.17, 15) is 4.79 Å². The van der Waals surface area contributed by atoms with Crippen LogP contribution in [0, 0.1) is 0 Å². The maximum atomic E-state index is 12.1. The predicted molar refractivity (Wildman–Crippen MR) is 108 cm³/mol. The van der Waals surface area contributed by atoms with Gasteiger partial charge in [0.1, 0.15) is 0 Å². The first kappa shape index (κ1) is 24.1. The lowest BCUT2D eigenvalue weighted by Crippen LogP contribution is -2.35. The normalized spacial score (nSPS) is 14.3. The quantitative estimate of drug-likeness (QED) is 0.634. The first-order valence-electron chi connectivity index (χ1n) is 8.67. The molecule has 0 radical (unpaired) electrons. The van der Waals surface area contributed by atoms with Gasteiger partial charge in [0.15, 0.2) is 0 Å². The molecule has 1 heterocycles. The molecule has 0 unspecified atom stereocenters. The molecule has 0 spiro atoms. The molecule has 1 aromatic carbocycles. The van der Waals surface area contributed by atoms with E-state index >= 15 is 0 Å². The SMILES string of the molecule is Cl.Cl.NCCCCCCC(=O)Nc1ccccc1CN1CCOCC1. The Kier molecular flexibility index (Phi) is 13.8. The zero-order valence-corrected chi connectivity index (χ0v) is 16.4. The number of morpholine rings is 1. The van der Waals surface area contributed by atoms with Crippen LogP contribution in [0.4, 0.5) is 5.69 Å². The molecule has 1 aliphatic heterocycles. The molecule has 1 amide bonds. The van der Waals surface area contributed by atoms with Gasteiger partial charge in [-0.05, 0) is 31.0 Å². The van der Waals surface area contributed by atoms with Crippen molar-refractivity contribution in [3.8, 4) is 0 Å². The first-order valence-corrected chi connectivity index (χ1v) is 8.67. The van der Waals surface area contributed by atoms with Crippen LogP contribution in [0.2, 0.25) is 0 Å². The maximum absolute atomic E-state index is 12.1. The van der Waals surface area contributed by atoms with Crippen LogP contribution in [0.15, 0.2) is 24.3 Å². The average Bonchev–Trinajstić information content (AvgIpc) is 2.57. The van der Waals surface area contributed by atoms with Crippen LogP contribution in [0.5, 0.6) is 0 Å². The number of hydrogen-bond acceptors (Lipinski definition) is 4. The number of nitrogens with two attached hydrogens (primary N) is 1. The lowest BCUT2D eigenvalue weighted by atomic mass is 10.1. The first-order chi connectivity index (χ1) is 11.3. The van der Waals surface area contributed by atoms with Crippen LogP contribution in [-0.4, -0.2) is 43.7 Å². The number of para-hydroxylation sites is 1. The zero-order chi connectivity index (χ0) is 16.3. The Labute approximate surface area is 163 Å². The Hall–Kier alpha value is -0.850. The number of carbonyl (C=O) groups excluding carboxylic acids is 1. The summed E-state index contributed by atoms with van der Waals surface area (Å²) in [4.78, 5) is 14.5. The minimum atomic E-state index is 0. The van der Waals surface area contributed by atoms with Gasteiger partial charge in [0.25, 0.3) is 0 Å². The number of ether oxygens (including phenoxy) is 1. The summed E-state index contributed by atoms with van der Waals surface area (Å²) < 4.78 is 5.39. The minimum absolute atomic E-state index is 0. The highest BCUT2D eigenvalue weighted by Crippen LogP contribution is 2.18. The lowest BCUT2D eigenvalue weighted by molar-refractivity contribution is -0.116. The highest BCUT2D eigenvalue weighted by atomic mass is 35.5. The Morgan fingerprint density at radius 1 is 1.08 bits per heavy atom. The molecule has 0 aromatic heterocycles. The van der Waals surface area contributed by atoms with Gasteiger partial charge < -0.3 is 15.8 Å². The molecule has 0 aliphatic carbocycles. The van der Waals surface area contributed by atoms with E-state index in [2.05, 4.69) is 16.3 Å². The van der Waals surface area contributed by atoms with Gasteiger partial charge in [-0.15, -0.1) is 24.8 Å². The molecular formula is C18H31Cl2N3O2. The van der Waals surface area contributed by atoms with Gasteiger partial charge in [0, 0.05) is 31.7 Å². The predicted octanol–water partition coefficient (Wildman–Crippen LogP) is 3.21. The largest absolute Gasteiger partial charge is 0.379 e. The molecular weight excluding hydrogens is 361 g/mol. The number of carbonyl (C=O) groups is 1. The van der Waals surface area contributed by atoms with Crippen molar-refractivity contribution in [2.24, 2.45) is 5.73 Å². The van der Waals surface area contributed by atoms with E-state index in [1.165, 1.54) is 5.56 Å². The Bertz CT molecular complexity index is 483. The maximum Gasteiger partial charge on any atom is 0.224 e. The van der Waals surface area contributed by atoms with Crippen LogP contribution >= 0.6 is 24.8 Å². The molecule has 0 saturated carbocycles. The molecule has 144 valence electrons. The molecule has 2 rings (SSSR count). The lowest BCUT2D eigenvalue weighted by Gasteiger charge is -2.27. The average molecular weight is 392 g/mol. The van der Waals surface area contributed by atoms with E-state index < -0.39 is 0 Å². The molecule has 0 bridgehead atoms. The van der Waals surface area contributed by atoms with Crippen molar-refractivity contribution in [3.05, 3.63) is 29.8 Å². The monoisotopic (exact) mass is 391 g/mol. The minimum Gasteiger partial charge on any atom is -0.379 e. The second-order valence-electron chi connectivity index (χ2n) is 6.05. The van der Waals surface area contributed by atoms with Crippen LogP contribution in [0.1, 0.15) is 37.7 Å². The van der Waals surface area contributed by atoms with Crippen molar-refractivity contribution in [1.29, 1.82) is 0 Å². The second-order valence-corrected chi connectivity index (χ2v) is 6.05. The molecule has 1 fully saturated rings. The summed E-state index contributed by atoms with van der Waals surface area (Å²) in [5, 5.41) is 3.07. The van der Waals surface area contributed by atoms with Crippen LogP contribution in [0.3, 0.4) is 0 Å². The third-order valence-corrected chi connectivity index (χ3v) is 4.15. The molecule has 5 nitrogen and oxygen atoms in total. The highest BCUT2D eigenvalue weighted by molar-refractivity contribution is 5.91. The van der Waals surface area contributed by atoms with Crippen LogP contribution < -0.4 is 11.1 Å². The summed E-state index contributed by atoms with van der Waals surface area (Å²) in [6.45, 7) is 5.07. The standard InChI is InChI=1S/C18H29N3O2.2ClH/c19-10-6-2-1-3-9-18(22)20-17-8-5-4-7-16(17)15-21-11-13-23-14-12-21;;/h4-5,7-8H,1-3,6,9-15,19H2,(H,20,22);2*1H.